The zero-order chi connectivity index (χ0) is 16.8. The maximum Gasteiger partial charge on any atom is 0.270 e. The van der Waals surface area contributed by atoms with E-state index in [4.69, 9.17) is 0 Å². The smallest absolute Gasteiger partial charge is 0.270 e. The summed E-state index contributed by atoms with van der Waals surface area (Å²) < 4.78 is 0. The first-order valence-electron chi connectivity index (χ1n) is 7.87. The Bertz CT molecular complexity index is 665. The molecule has 0 bridgehead atoms. The van der Waals surface area contributed by atoms with Gasteiger partial charge in [0.25, 0.3) is 5.91 Å². The first-order chi connectivity index (χ1) is 10.9. The second-order valence-electron chi connectivity index (χ2n) is 6.16. The lowest BCUT2D eigenvalue weighted by atomic mass is 10.1. The average Bonchev–Trinajstić information content (AvgIpc) is 2.51. The second kappa shape index (κ2) is 7.72. The van der Waals surface area contributed by atoms with E-state index < -0.39 is 0 Å². The molecule has 0 unspecified atom stereocenters. The number of amides is 1. The number of nitrogens with one attached hydrogen (secondary N) is 2. The first kappa shape index (κ1) is 16.9. The minimum atomic E-state index is -0.191. The van der Waals surface area contributed by atoms with Crippen LogP contribution < -0.4 is 10.6 Å². The van der Waals surface area contributed by atoms with Crippen LogP contribution in [0.4, 0.5) is 5.95 Å². The molecule has 23 heavy (non-hydrogen) atoms. The van der Waals surface area contributed by atoms with Crippen molar-refractivity contribution in [2.24, 2.45) is 5.92 Å². The van der Waals surface area contributed by atoms with Crippen LogP contribution in [0.3, 0.4) is 0 Å². The van der Waals surface area contributed by atoms with Crippen LogP contribution in [0.25, 0.3) is 0 Å². The fourth-order valence-electron chi connectivity index (χ4n) is 2.04. The van der Waals surface area contributed by atoms with Gasteiger partial charge in [0.05, 0.1) is 0 Å². The van der Waals surface area contributed by atoms with Gasteiger partial charge in [0.2, 0.25) is 5.95 Å². The van der Waals surface area contributed by atoms with Gasteiger partial charge in [-0.05, 0) is 31.4 Å². The van der Waals surface area contributed by atoms with Gasteiger partial charge in [-0.25, -0.2) is 9.97 Å². The van der Waals surface area contributed by atoms with Crippen LogP contribution in [0.15, 0.2) is 30.3 Å². The summed E-state index contributed by atoms with van der Waals surface area (Å²) in [6.07, 6.45) is 0. The number of nitrogens with zero attached hydrogens (tertiary/aromatic N) is 2. The SMILES string of the molecule is Cc1ccc(CNC(=O)c2cc(C)nc(NCC(C)C)n2)cc1. The molecule has 0 aliphatic carbocycles. The summed E-state index contributed by atoms with van der Waals surface area (Å²) in [7, 11) is 0. The van der Waals surface area contributed by atoms with Gasteiger partial charge in [-0.15, -0.1) is 0 Å². The van der Waals surface area contributed by atoms with Crippen molar-refractivity contribution in [1.29, 1.82) is 0 Å². The Kier molecular flexibility index (Phi) is 5.68. The third-order valence-corrected chi connectivity index (χ3v) is 3.33. The molecule has 0 fully saturated rings. The summed E-state index contributed by atoms with van der Waals surface area (Å²) in [4.78, 5) is 20.9. The predicted molar refractivity (Wildman–Crippen MR) is 92.4 cm³/mol. The van der Waals surface area contributed by atoms with Crippen LogP contribution >= 0.6 is 0 Å². The normalized spacial score (nSPS) is 10.7. The summed E-state index contributed by atoms with van der Waals surface area (Å²) in [6, 6.07) is 9.78. The molecular weight excluding hydrogens is 288 g/mol. The second-order valence-corrected chi connectivity index (χ2v) is 6.16. The van der Waals surface area contributed by atoms with E-state index in [2.05, 4.69) is 34.4 Å². The van der Waals surface area contributed by atoms with Crippen LogP contribution in [0.2, 0.25) is 0 Å². The van der Waals surface area contributed by atoms with E-state index in [1.54, 1.807) is 6.07 Å². The molecule has 0 aliphatic heterocycles. The highest BCUT2D eigenvalue weighted by Gasteiger charge is 2.10. The Morgan fingerprint density at radius 1 is 1.13 bits per heavy atom. The number of aryl methyl sites for hydroxylation is 2. The van der Waals surface area contributed by atoms with Gasteiger partial charge >= 0.3 is 0 Å². The molecule has 1 amide bonds. The van der Waals surface area contributed by atoms with E-state index in [0.29, 0.717) is 24.1 Å². The lowest BCUT2D eigenvalue weighted by Crippen LogP contribution is -2.24. The fourth-order valence-corrected chi connectivity index (χ4v) is 2.04. The van der Waals surface area contributed by atoms with E-state index in [1.807, 2.05) is 38.1 Å². The van der Waals surface area contributed by atoms with Crippen molar-refractivity contribution < 1.29 is 4.79 Å². The minimum absolute atomic E-state index is 0.191. The quantitative estimate of drug-likeness (QED) is 0.860. The Hall–Kier alpha value is -2.43. The number of hydrogen-bond acceptors (Lipinski definition) is 4. The molecule has 0 aliphatic rings. The number of aromatic nitrogens is 2. The molecule has 0 spiro atoms. The Balaban J connectivity index is 2.02. The average molecular weight is 312 g/mol. The molecule has 5 heteroatoms. The lowest BCUT2D eigenvalue weighted by molar-refractivity contribution is 0.0945. The highest BCUT2D eigenvalue weighted by molar-refractivity contribution is 5.92. The van der Waals surface area contributed by atoms with Crippen LogP contribution in [-0.4, -0.2) is 22.4 Å². The molecule has 1 aromatic heterocycles. The molecule has 0 saturated heterocycles. The topological polar surface area (TPSA) is 66.9 Å². The summed E-state index contributed by atoms with van der Waals surface area (Å²) in [5.74, 6) is 0.792. The Labute approximate surface area is 137 Å². The van der Waals surface area contributed by atoms with Gasteiger partial charge in [-0.1, -0.05) is 43.7 Å². The van der Waals surface area contributed by atoms with Crippen molar-refractivity contribution in [3.05, 3.63) is 52.8 Å². The molecule has 1 heterocycles. The summed E-state index contributed by atoms with van der Waals surface area (Å²) in [6.45, 7) is 9.37. The van der Waals surface area contributed by atoms with Gasteiger partial charge in [-0.3, -0.25) is 4.79 Å². The van der Waals surface area contributed by atoms with Gasteiger partial charge in [0.1, 0.15) is 5.69 Å². The van der Waals surface area contributed by atoms with Crippen LogP contribution in [0.5, 0.6) is 0 Å². The molecule has 2 N–H and O–H groups in total. The monoisotopic (exact) mass is 312 g/mol. The number of anilines is 1. The van der Waals surface area contributed by atoms with Crippen molar-refractivity contribution in [1.82, 2.24) is 15.3 Å². The van der Waals surface area contributed by atoms with Crippen molar-refractivity contribution >= 4 is 11.9 Å². The van der Waals surface area contributed by atoms with Crippen molar-refractivity contribution in [2.45, 2.75) is 34.2 Å². The van der Waals surface area contributed by atoms with E-state index >= 15 is 0 Å². The zero-order valence-electron chi connectivity index (χ0n) is 14.2. The van der Waals surface area contributed by atoms with Gasteiger partial charge in [0.15, 0.2) is 0 Å². The third-order valence-electron chi connectivity index (χ3n) is 3.33. The van der Waals surface area contributed by atoms with E-state index in [0.717, 1.165) is 17.8 Å². The van der Waals surface area contributed by atoms with Gasteiger partial charge < -0.3 is 10.6 Å². The number of benzene rings is 1. The number of rotatable bonds is 6. The highest BCUT2D eigenvalue weighted by Crippen LogP contribution is 2.07. The van der Waals surface area contributed by atoms with Gasteiger partial charge in [0, 0.05) is 18.8 Å². The first-order valence-corrected chi connectivity index (χ1v) is 7.87. The molecule has 5 nitrogen and oxygen atoms in total. The largest absolute Gasteiger partial charge is 0.354 e. The Morgan fingerprint density at radius 2 is 1.83 bits per heavy atom. The van der Waals surface area contributed by atoms with Crippen molar-refractivity contribution in [3.8, 4) is 0 Å². The fraction of sp³-hybridized carbons (Fsp3) is 0.389. The maximum atomic E-state index is 12.3. The minimum Gasteiger partial charge on any atom is -0.354 e. The van der Waals surface area contributed by atoms with E-state index in [-0.39, 0.29) is 5.91 Å². The van der Waals surface area contributed by atoms with Crippen molar-refractivity contribution in [2.75, 3.05) is 11.9 Å². The van der Waals surface area contributed by atoms with Crippen LogP contribution in [-0.2, 0) is 6.54 Å². The number of hydrogen-bond donors (Lipinski definition) is 2. The number of carbonyl (C=O) groups is 1. The molecule has 2 rings (SSSR count). The molecular formula is C18H24N4O. The molecule has 1 aromatic carbocycles. The summed E-state index contributed by atoms with van der Waals surface area (Å²) in [5, 5.41) is 6.06. The van der Waals surface area contributed by atoms with E-state index in [9.17, 15) is 4.79 Å². The molecule has 0 saturated carbocycles. The van der Waals surface area contributed by atoms with Crippen molar-refractivity contribution in [3.63, 3.8) is 0 Å². The molecule has 122 valence electrons. The summed E-state index contributed by atoms with van der Waals surface area (Å²) >= 11 is 0. The highest BCUT2D eigenvalue weighted by atomic mass is 16.1. The summed E-state index contributed by atoms with van der Waals surface area (Å²) in [5.41, 5.74) is 3.42. The lowest BCUT2D eigenvalue weighted by Gasteiger charge is -2.10. The molecule has 0 atom stereocenters. The molecule has 0 radical (unpaired) electrons. The maximum absolute atomic E-state index is 12.3. The van der Waals surface area contributed by atoms with Crippen LogP contribution in [0, 0.1) is 19.8 Å². The van der Waals surface area contributed by atoms with Crippen LogP contribution in [0.1, 0.15) is 41.2 Å². The number of carbonyl (C=O) groups excluding carboxylic acids is 1. The predicted octanol–water partition coefficient (Wildman–Crippen LogP) is 3.09. The Morgan fingerprint density at radius 3 is 2.48 bits per heavy atom. The molecule has 2 aromatic rings. The zero-order valence-corrected chi connectivity index (χ0v) is 14.2. The third kappa shape index (κ3) is 5.36. The van der Waals surface area contributed by atoms with E-state index in [1.165, 1.54) is 5.56 Å². The van der Waals surface area contributed by atoms with Gasteiger partial charge in [-0.2, -0.15) is 0 Å². The standard InChI is InChI=1S/C18H24N4O/c1-12(2)10-20-18-21-14(4)9-16(22-18)17(23)19-11-15-7-5-13(3)6-8-15/h5-9,12H,10-11H2,1-4H3,(H,19,23)(H,20,21,22).